The molecule has 0 saturated heterocycles. The fourth-order valence-corrected chi connectivity index (χ4v) is 2.19. The van der Waals surface area contributed by atoms with Crippen molar-refractivity contribution in [2.75, 3.05) is 12.4 Å². The van der Waals surface area contributed by atoms with E-state index in [1.54, 1.807) is 0 Å². The predicted octanol–water partition coefficient (Wildman–Crippen LogP) is 0.863. The van der Waals surface area contributed by atoms with Gasteiger partial charge in [-0.05, 0) is 0 Å². The van der Waals surface area contributed by atoms with E-state index >= 15 is 0 Å². The summed E-state index contributed by atoms with van der Waals surface area (Å²) in [6.45, 7) is 1.74. The van der Waals surface area contributed by atoms with Crippen molar-refractivity contribution in [2.24, 2.45) is 0 Å². The summed E-state index contributed by atoms with van der Waals surface area (Å²) in [6, 6.07) is 0. The number of aromatic amines is 1. The maximum absolute atomic E-state index is 11.5. The van der Waals surface area contributed by atoms with E-state index in [2.05, 4.69) is 30.2 Å². The first-order chi connectivity index (χ1) is 9.11. The first kappa shape index (κ1) is 13.1. The van der Waals surface area contributed by atoms with E-state index in [0.717, 1.165) is 11.3 Å². The van der Waals surface area contributed by atoms with E-state index in [1.807, 2.05) is 0 Å². The summed E-state index contributed by atoms with van der Waals surface area (Å²) in [5, 5.41) is 9.79. The highest BCUT2D eigenvalue weighted by Gasteiger charge is 2.21. The number of rotatable bonds is 5. The van der Waals surface area contributed by atoms with E-state index in [1.165, 1.54) is 20.4 Å². The Hall–Kier alpha value is -2.29. The highest BCUT2D eigenvalue weighted by Crippen LogP contribution is 2.24. The summed E-state index contributed by atoms with van der Waals surface area (Å²) in [5.74, 6) is -0.237. The van der Waals surface area contributed by atoms with Crippen LogP contribution < -0.4 is 5.32 Å². The minimum atomic E-state index is -0.630. The van der Waals surface area contributed by atoms with Gasteiger partial charge >= 0.3 is 5.97 Å². The Labute approximate surface area is 112 Å². The Morgan fingerprint density at radius 1 is 1.53 bits per heavy atom. The van der Waals surface area contributed by atoms with Crippen LogP contribution in [0.3, 0.4) is 0 Å². The fraction of sp³-hybridized carbons (Fsp3) is 0.300. The van der Waals surface area contributed by atoms with Crippen molar-refractivity contribution in [1.82, 2.24) is 20.2 Å². The minimum absolute atomic E-state index is 0.0278. The Bertz CT molecular complexity index is 592. The highest BCUT2D eigenvalue weighted by molar-refractivity contribution is 7.17. The van der Waals surface area contributed by atoms with Gasteiger partial charge < -0.3 is 10.1 Å². The average Bonchev–Trinajstić information content (AvgIpc) is 3.04. The molecule has 2 aromatic rings. The molecule has 0 aliphatic rings. The van der Waals surface area contributed by atoms with Crippen LogP contribution in [-0.4, -0.2) is 39.0 Å². The molecule has 0 atom stereocenters. The Morgan fingerprint density at radius 3 is 2.89 bits per heavy atom. The van der Waals surface area contributed by atoms with Crippen LogP contribution in [0.1, 0.15) is 32.9 Å². The van der Waals surface area contributed by atoms with Gasteiger partial charge in [0.25, 0.3) is 0 Å². The normalized spacial score (nSPS) is 10.2. The smallest absolute Gasteiger partial charge is 0.358 e. The fourth-order valence-electron chi connectivity index (χ4n) is 1.34. The second kappa shape index (κ2) is 5.57. The van der Waals surface area contributed by atoms with Gasteiger partial charge in [-0.2, -0.15) is 5.10 Å². The van der Waals surface area contributed by atoms with E-state index in [0.29, 0.717) is 17.5 Å². The summed E-state index contributed by atoms with van der Waals surface area (Å²) in [6.07, 6.45) is 1.39. The number of H-pyrrole nitrogens is 1. The molecule has 0 amide bonds. The van der Waals surface area contributed by atoms with Crippen LogP contribution in [0.25, 0.3) is 0 Å². The van der Waals surface area contributed by atoms with Crippen molar-refractivity contribution in [3.63, 3.8) is 0 Å². The van der Waals surface area contributed by atoms with Gasteiger partial charge in [0.2, 0.25) is 0 Å². The SMILES string of the molecule is COC(=O)c1nc(NCc2ncn[nH]2)sc1C(C)=O. The van der Waals surface area contributed by atoms with Gasteiger partial charge in [-0.3, -0.25) is 9.89 Å². The minimum Gasteiger partial charge on any atom is -0.464 e. The van der Waals surface area contributed by atoms with Crippen LogP contribution in [0.15, 0.2) is 6.33 Å². The third-order valence-corrected chi connectivity index (χ3v) is 3.31. The van der Waals surface area contributed by atoms with E-state index in [9.17, 15) is 9.59 Å². The topological polar surface area (TPSA) is 110 Å². The van der Waals surface area contributed by atoms with Crippen molar-refractivity contribution < 1.29 is 14.3 Å². The molecule has 0 fully saturated rings. The number of nitrogens with one attached hydrogen (secondary N) is 2. The maximum Gasteiger partial charge on any atom is 0.358 e. The van der Waals surface area contributed by atoms with Gasteiger partial charge in [-0.15, -0.1) is 0 Å². The molecule has 0 spiro atoms. The first-order valence-electron chi connectivity index (χ1n) is 5.30. The molecule has 2 aromatic heterocycles. The summed E-state index contributed by atoms with van der Waals surface area (Å²) in [7, 11) is 1.24. The molecule has 8 nitrogen and oxygen atoms in total. The molecule has 2 N–H and O–H groups in total. The number of carbonyl (C=O) groups is 2. The number of ether oxygens (including phenoxy) is 1. The molecule has 9 heteroatoms. The molecule has 0 aliphatic heterocycles. The van der Waals surface area contributed by atoms with Crippen molar-refractivity contribution >= 4 is 28.2 Å². The molecule has 2 heterocycles. The number of aromatic nitrogens is 4. The number of Topliss-reactive ketones (excluding diaryl/α,β-unsaturated/α-hetero) is 1. The molecule has 2 rings (SSSR count). The molecule has 0 aliphatic carbocycles. The molecule has 0 saturated carbocycles. The second-order valence-corrected chi connectivity index (χ2v) is 4.53. The van der Waals surface area contributed by atoms with E-state index in [-0.39, 0.29) is 16.4 Å². The number of hydrogen-bond donors (Lipinski definition) is 2. The van der Waals surface area contributed by atoms with Gasteiger partial charge in [0.15, 0.2) is 16.6 Å². The van der Waals surface area contributed by atoms with E-state index in [4.69, 9.17) is 0 Å². The second-order valence-electron chi connectivity index (χ2n) is 3.53. The van der Waals surface area contributed by atoms with Gasteiger partial charge in [0.05, 0.1) is 13.7 Å². The number of hydrogen-bond acceptors (Lipinski definition) is 8. The van der Waals surface area contributed by atoms with Gasteiger partial charge in [0, 0.05) is 6.92 Å². The van der Waals surface area contributed by atoms with Crippen LogP contribution >= 0.6 is 11.3 Å². The van der Waals surface area contributed by atoms with Gasteiger partial charge in [-0.25, -0.2) is 14.8 Å². The van der Waals surface area contributed by atoms with Crippen LogP contribution in [-0.2, 0) is 11.3 Å². The zero-order chi connectivity index (χ0) is 13.8. The number of nitrogens with zero attached hydrogens (tertiary/aromatic N) is 3. The van der Waals surface area contributed by atoms with Crippen LogP contribution in [0, 0.1) is 0 Å². The summed E-state index contributed by atoms with van der Waals surface area (Å²) in [4.78, 5) is 31.2. The number of esters is 1. The van der Waals surface area contributed by atoms with Crippen LogP contribution in [0.5, 0.6) is 0 Å². The van der Waals surface area contributed by atoms with Crippen molar-refractivity contribution in [3.05, 3.63) is 22.7 Å². The maximum atomic E-state index is 11.5. The number of anilines is 1. The third kappa shape index (κ3) is 2.94. The highest BCUT2D eigenvalue weighted by atomic mass is 32.1. The molecule has 0 aromatic carbocycles. The number of carbonyl (C=O) groups excluding carboxylic acids is 2. The molecular formula is C10H11N5O3S. The predicted molar refractivity (Wildman–Crippen MR) is 67.2 cm³/mol. The van der Waals surface area contributed by atoms with E-state index < -0.39 is 5.97 Å². The van der Waals surface area contributed by atoms with Crippen molar-refractivity contribution in [1.29, 1.82) is 0 Å². The molecule has 0 bridgehead atoms. The quantitative estimate of drug-likeness (QED) is 0.617. The molecule has 19 heavy (non-hydrogen) atoms. The molecule has 0 unspecified atom stereocenters. The summed E-state index contributed by atoms with van der Waals surface area (Å²) >= 11 is 1.10. The lowest BCUT2D eigenvalue weighted by Crippen LogP contribution is -2.07. The van der Waals surface area contributed by atoms with Crippen LogP contribution in [0.2, 0.25) is 0 Å². The van der Waals surface area contributed by atoms with Crippen molar-refractivity contribution in [3.8, 4) is 0 Å². The zero-order valence-corrected chi connectivity index (χ0v) is 11.1. The summed E-state index contributed by atoms with van der Waals surface area (Å²) in [5.41, 5.74) is 0.0278. The standard InChI is InChI=1S/C10H11N5O3S/c1-5(16)8-7(9(17)18-2)14-10(19-8)11-3-6-12-4-13-15-6/h4H,3H2,1-2H3,(H,11,14)(H,12,13,15). The first-order valence-corrected chi connectivity index (χ1v) is 6.11. The van der Waals surface area contributed by atoms with Crippen LogP contribution in [0.4, 0.5) is 5.13 Å². The Morgan fingerprint density at radius 2 is 2.32 bits per heavy atom. The summed E-state index contributed by atoms with van der Waals surface area (Å²) < 4.78 is 4.59. The lowest BCUT2D eigenvalue weighted by molar-refractivity contribution is 0.0591. The van der Waals surface area contributed by atoms with Gasteiger partial charge in [0.1, 0.15) is 17.0 Å². The Balaban J connectivity index is 2.17. The number of thiazole rings is 1. The molecule has 100 valence electrons. The van der Waals surface area contributed by atoms with Gasteiger partial charge in [-0.1, -0.05) is 11.3 Å². The Kier molecular flexibility index (Phi) is 3.85. The molecule has 0 radical (unpaired) electrons. The number of ketones is 1. The lowest BCUT2D eigenvalue weighted by Gasteiger charge is -1.97. The van der Waals surface area contributed by atoms with Crippen molar-refractivity contribution in [2.45, 2.75) is 13.5 Å². The number of methoxy groups -OCH3 is 1. The zero-order valence-electron chi connectivity index (χ0n) is 10.3. The average molecular weight is 281 g/mol. The molecular weight excluding hydrogens is 270 g/mol. The lowest BCUT2D eigenvalue weighted by atomic mass is 10.3. The largest absolute Gasteiger partial charge is 0.464 e. The third-order valence-electron chi connectivity index (χ3n) is 2.20. The monoisotopic (exact) mass is 281 g/mol.